The van der Waals surface area contributed by atoms with Crippen LogP contribution in [0.3, 0.4) is 0 Å². The molecule has 1 unspecified atom stereocenters. The Morgan fingerprint density at radius 3 is 2.55 bits per heavy atom. The first-order valence-corrected chi connectivity index (χ1v) is 7.47. The molecule has 0 saturated carbocycles. The lowest BCUT2D eigenvalue weighted by molar-refractivity contribution is 0.222. The normalized spacial score (nSPS) is 16.9. The Bertz CT molecular complexity index is 435. The first kappa shape index (κ1) is 15.1. The van der Waals surface area contributed by atoms with E-state index in [2.05, 4.69) is 47.5 Å². The lowest BCUT2D eigenvalue weighted by atomic mass is 10.0. The molecule has 1 aliphatic rings. The zero-order valence-corrected chi connectivity index (χ0v) is 12.9. The number of nitrogens with zero attached hydrogens (tertiary/aromatic N) is 1. The Morgan fingerprint density at radius 2 is 2.05 bits per heavy atom. The number of rotatable bonds is 6. The summed E-state index contributed by atoms with van der Waals surface area (Å²) < 4.78 is 5.20. The second-order valence-corrected chi connectivity index (χ2v) is 5.33. The van der Waals surface area contributed by atoms with Gasteiger partial charge in [0.15, 0.2) is 0 Å². The molecule has 1 aromatic rings. The highest BCUT2D eigenvalue weighted by atomic mass is 16.5. The summed E-state index contributed by atoms with van der Waals surface area (Å²) in [5.74, 6) is 0. The molecule has 0 aliphatic carbocycles. The Balaban J connectivity index is 2.01. The van der Waals surface area contributed by atoms with Crippen molar-refractivity contribution >= 4 is 5.69 Å². The van der Waals surface area contributed by atoms with E-state index in [1.165, 1.54) is 16.8 Å². The number of benzene rings is 1. The third-order valence-electron chi connectivity index (χ3n) is 4.05. The van der Waals surface area contributed by atoms with Gasteiger partial charge in [-0.1, -0.05) is 25.1 Å². The molecule has 1 aliphatic heterocycles. The van der Waals surface area contributed by atoms with E-state index in [1.807, 2.05) is 7.05 Å². The SMILES string of the molecule is CCC(NC)c1ccc(N2CC=C(COC)CC2)cc1. The third-order valence-corrected chi connectivity index (χ3v) is 4.05. The van der Waals surface area contributed by atoms with E-state index >= 15 is 0 Å². The van der Waals surface area contributed by atoms with Gasteiger partial charge >= 0.3 is 0 Å². The largest absolute Gasteiger partial charge is 0.380 e. The van der Waals surface area contributed by atoms with Gasteiger partial charge in [0.05, 0.1) is 6.61 Å². The van der Waals surface area contributed by atoms with Crippen molar-refractivity contribution in [1.29, 1.82) is 0 Å². The van der Waals surface area contributed by atoms with Crippen molar-refractivity contribution in [1.82, 2.24) is 5.32 Å². The fourth-order valence-corrected chi connectivity index (χ4v) is 2.79. The van der Waals surface area contributed by atoms with Crippen LogP contribution in [0.15, 0.2) is 35.9 Å². The molecule has 0 bridgehead atoms. The molecule has 1 heterocycles. The Kier molecular flexibility index (Phi) is 5.62. The minimum absolute atomic E-state index is 0.457. The zero-order chi connectivity index (χ0) is 14.4. The highest BCUT2D eigenvalue weighted by Crippen LogP contribution is 2.23. The highest BCUT2D eigenvalue weighted by molar-refractivity contribution is 5.49. The van der Waals surface area contributed by atoms with Crippen LogP contribution in [0.5, 0.6) is 0 Å². The number of hydrogen-bond donors (Lipinski definition) is 1. The molecule has 0 amide bonds. The summed E-state index contributed by atoms with van der Waals surface area (Å²) in [7, 11) is 3.78. The molecule has 0 fully saturated rings. The van der Waals surface area contributed by atoms with Gasteiger partial charge < -0.3 is 15.0 Å². The number of anilines is 1. The predicted molar refractivity (Wildman–Crippen MR) is 85.3 cm³/mol. The average molecular weight is 274 g/mol. The van der Waals surface area contributed by atoms with Gasteiger partial charge in [-0.2, -0.15) is 0 Å². The van der Waals surface area contributed by atoms with Crippen LogP contribution in [0.2, 0.25) is 0 Å². The van der Waals surface area contributed by atoms with Crippen LogP contribution in [0.1, 0.15) is 31.4 Å². The van der Waals surface area contributed by atoms with Crippen molar-refractivity contribution in [2.75, 3.05) is 38.8 Å². The fourth-order valence-electron chi connectivity index (χ4n) is 2.79. The first-order chi connectivity index (χ1) is 9.78. The van der Waals surface area contributed by atoms with Crippen molar-refractivity contribution in [2.45, 2.75) is 25.8 Å². The average Bonchev–Trinajstić information content (AvgIpc) is 2.50. The van der Waals surface area contributed by atoms with Crippen LogP contribution in [-0.4, -0.2) is 33.9 Å². The van der Waals surface area contributed by atoms with E-state index in [9.17, 15) is 0 Å². The smallest absolute Gasteiger partial charge is 0.0674 e. The van der Waals surface area contributed by atoms with Gasteiger partial charge in [0.1, 0.15) is 0 Å². The van der Waals surface area contributed by atoms with E-state index in [4.69, 9.17) is 4.74 Å². The van der Waals surface area contributed by atoms with Crippen molar-refractivity contribution in [3.63, 3.8) is 0 Å². The number of nitrogens with one attached hydrogen (secondary N) is 1. The molecule has 0 aromatic heterocycles. The maximum atomic E-state index is 5.20. The molecule has 0 radical (unpaired) electrons. The monoisotopic (exact) mass is 274 g/mol. The second kappa shape index (κ2) is 7.46. The van der Waals surface area contributed by atoms with Crippen LogP contribution in [0.4, 0.5) is 5.69 Å². The number of hydrogen-bond acceptors (Lipinski definition) is 3. The molecule has 110 valence electrons. The van der Waals surface area contributed by atoms with Crippen LogP contribution < -0.4 is 10.2 Å². The van der Waals surface area contributed by atoms with Crippen molar-refractivity contribution in [3.05, 3.63) is 41.5 Å². The molecule has 0 spiro atoms. The van der Waals surface area contributed by atoms with Crippen LogP contribution in [0.25, 0.3) is 0 Å². The summed E-state index contributed by atoms with van der Waals surface area (Å²) in [6, 6.07) is 9.43. The summed E-state index contributed by atoms with van der Waals surface area (Å²) >= 11 is 0. The van der Waals surface area contributed by atoms with Gasteiger partial charge in [0.25, 0.3) is 0 Å². The third kappa shape index (κ3) is 3.62. The molecule has 1 aromatic carbocycles. The second-order valence-electron chi connectivity index (χ2n) is 5.33. The zero-order valence-electron chi connectivity index (χ0n) is 12.9. The van der Waals surface area contributed by atoms with Crippen LogP contribution in [-0.2, 0) is 4.74 Å². The molecule has 1 N–H and O–H groups in total. The molecule has 20 heavy (non-hydrogen) atoms. The Hall–Kier alpha value is -1.32. The Morgan fingerprint density at radius 1 is 1.30 bits per heavy atom. The standard InChI is InChI=1S/C17H26N2O/c1-4-17(18-2)15-5-7-16(8-6-15)19-11-9-14(10-12-19)13-20-3/h5-9,17-18H,4,10-13H2,1-3H3. The summed E-state index contributed by atoms with van der Waals surface area (Å²) in [5, 5.41) is 3.35. The van der Waals surface area contributed by atoms with Crippen LogP contribution in [0, 0.1) is 0 Å². The number of methoxy groups -OCH3 is 1. The minimum Gasteiger partial charge on any atom is -0.380 e. The van der Waals surface area contributed by atoms with Gasteiger partial charge in [-0.25, -0.2) is 0 Å². The first-order valence-electron chi connectivity index (χ1n) is 7.47. The molecule has 0 saturated heterocycles. The van der Waals surface area contributed by atoms with Crippen LogP contribution >= 0.6 is 0 Å². The summed E-state index contributed by atoms with van der Waals surface area (Å²) in [6.07, 6.45) is 4.51. The van der Waals surface area contributed by atoms with Crippen molar-refractivity contribution in [2.24, 2.45) is 0 Å². The van der Waals surface area contributed by atoms with Gasteiger partial charge in [0.2, 0.25) is 0 Å². The van der Waals surface area contributed by atoms with Gasteiger partial charge in [-0.05, 0) is 43.2 Å². The lowest BCUT2D eigenvalue weighted by Crippen LogP contribution is -2.29. The van der Waals surface area contributed by atoms with Crippen molar-refractivity contribution in [3.8, 4) is 0 Å². The highest BCUT2D eigenvalue weighted by Gasteiger charge is 2.13. The van der Waals surface area contributed by atoms with Gasteiger partial charge in [-0.15, -0.1) is 0 Å². The number of ether oxygens (including phenoxy) is 1. The van der Waals surface area contributed by atoms with Crippen molar-refractivity contribution < 1.29 is 4.74 Å². The predicted octanol–water partition coefficient (Wildman–Crippen LogP) is 3.14. The van der Waals surface area contributed by atoms with E-state index in [1.54, 1.807) is 7.11 Å². The molecule has 3 heteroatoms. The van der Waals surface area contributed by atoms with E-state index in [-0.39, 0.29) is 0 Å². The quantitative estimate of drug-likeness (QED) is 0.807. The van der Waals surface area contributed by atoms with Gasteiger partial charge in [-0.3, -0.25) is 0 Å². The Labute approximate surface area is 122 Å². The fraction of sp³-hybridized carbons (Fsp3) is 0.529. The molecular formula is C17H26N2O. The van der Waals surface area contributed by atoms with E-state index < -0.39 is 0 Å². The topological polar surface area (TPSA) is 24.5 Å². The summed E-state index contributed by atoms with van der Waals surface area (Å²) in [5.41, 5.74) is 4.10. The maximum absolute atomic E-state index is 5.20. The molecule has 1 atom stereocenters. The van der Waals surface area contributed by atoms with E-state index in [0.29, 0.717) is 6.04 Å². The lowest BCUT2D eigenvalue weighted by Gasteiger charge is -2.28. The van der Waals surface area contributed by atoms with E-state index in [0.717, 1.165) is 32.5 Å². The minimum atomic E-state index is 0.457. The van der Waals surface area contributed by atoms with Gasteiger partial charge in [0, 0.05) is 31.9 Å². The summed E-state index contributed by atoms with van der Waals surface area (Å²) in [4.78, 5) is 2.42. The molecular weight excluding hydrogens is 248 g/mol. The molecule has 3 nitrogen and oxygen atoms in total. The maximum Gasteiger partial charge on any atom is 0.0674 e. The molecule has 2 rings (SSSR count). The summed E-state index contributed by atoms with van der Waals surface area (Å²) in [6.45, 7) is 5.05.